The van der Waals surface area contributed by atoms with E-state index in [1.165, 1.54) is 0 Å². The zero-order valence-electron chi connectivity index (χ0n) is 8.81. The van der Waals surface area contributed by atoms with Gasteiger partial charge >= 0.3 is 0 Å². The van der Waals surface area contributed by atoms with Gasteiger partial charge in [-0.3, -0.25) is 0 Å². The molecule has 3 heteroatoms. The summed E-state index contributed by atoms with van der Waals surface area (Å²) in [6.07, 6.45) is -0.700. The molecule has 2 saturated carbocycles. The Labute approximate surface area is 82.8 Å². The van der Waals surface area contributed by atoms with Crippen LogP contribution in [0.4, 0.5) is 8.78 Å². The van der Waals surface area contributed by atoms with Crippen molar-refractivity contribution in [3.05, 3.63) is 0 Å². The predicted molar refractivity (Wildman–Crippen MR) is 48.5 cm³/mol. The molecule has 3 aliphatic rings. The highest BCUT2D eigenvalue weighted by Crippen LogP contribution is 2.77. The third-order valence-corrected chi connectivity index (χ3v) is 4.78. The molecule has 0 unspecified atom stereocenters. The lowest BCUT2D eigenvalue weighted by molar-refractivity contribution is -0.00948. The molecule has 0 spiro atoms. The van der Waals surface area contributed by atoms with Gasteiger partial charge in [-0.2, -0.15) is 0 Å². The Kier molecular flexibility index (Phi) is 1.31. The minimum atomic E-state index is -1.14. The Bertz CT molecular complexity index is 308. The second-order valence-electron chi connectivity index (χ2n) is 5.87. The van der Waals surface area contributed by atoms with E-state index in [1.54, 1.807) is 6.92 Å². The van der Waals surface area contributed by atoms with E-state index in [4.69, 9.17) is 4.74 Å². The number of ether oxygens (including phenoxy) is 1. The van der Waals surface area contributed by atoms with E-state index in [0.717, 1.165) is 0 Å². The van der Waals surface area contributed by atoms with Crippen LogP contribution in [0.1, 0.15) is 33.6 Å². The van der Waals surface area contributed by atoms with Gasteiger partial charge in [0, 0.05) is 10.8 Å². The first-order valence-electron chi connectivity index (χ1n) is 5.32. The maximum atomic E-state index is 14.1. The lowest BCUT2D eigenvalue weighted by Gasteiger charge is -2.28. The van der Waals surface area contributed by atoms with Crippen LogP contribution in [-0.4, -0.2) is 24.0 Å². The average molecular weight is 202 g/mol. The highest BCUT2D eigenvalue weighted by molar-refractivity contribution is 5.31. The van der Waals surface area contributed by atoms with E-state index in [1.807, 2.05) is 13.8 Å². The fourth-order valence-electron chi connectivity index (χ4n) is 3.92. The third-order valence-electron chi connectivity index (χ3n) is 4.78. The van der Waals surface area contributed by atoms with Crippen molar-refractivity contribution >= 4 is 0 Å². The van der Waals surface area contributed by atoms with Gasteiger partial charge in [-0.15, -0.1) is 0 Å². The molecule has 14 heavy (non-hydrogen) atoms. The van der Waals surface area contributed by atoms with Crippen LogP contribution in [0.15, 0.2) is 0 Å². The van der Waals surface area contributed by atoms with Crippen molar-refractivity contribution in [1.29, 1.82) is 0 Å². The zero-order chi connectivity index (χ0) is 10.4. The summed E-state index contributed by atoms with van der Waals surface area (Å²) >= 11 is 0. The number of hydrogen-bond acceptors (Lipinski definition) is 1. The Morgan fingerprint density at radius 3 is 2.50 bits per heavy atom. The summed E-state index contributed by atoms with van der Waals surface area (Å²) in [5.41, 5.74) is -2.13. The van der Waals surface area contributed by atoms with Crippen LogP contribution in [0, 0.1) is 10.8 Å². The Hall–Kier alpha value is -0.180. The number of rotatable bonds is 0. The van der Waals surface area contributed by atoms with Crippen LogP contribution in [0.25, 0.3) is 0 Å². The fraction of sp³-hybridized carbons (Fsp3) is 1.00. The van der Waals surface area contributed by atoms with Crippen molar-refractivity contribution in [2.24, 2.45) is 10.8 Å². The molecule has 0 amide bonds. The minimum absolute atomic E-state index is 0.218. The van der Waals surface area contributed by atoms with E-state index in [-0.39, 0.29) is 12.2 Å². The second-order valence-corrected chi connectivity index (χ2v) is 5.87. The maximum absolute atomic E-state index is 14.1. The Morgan fingerprint density at radius 2 is 1.93 bits per heavy atom. The first-order chi connectivity index (χ1) is 6.33. The standard InChI is InChI=1S/C11H16F2O/c1-6-7(12)9(2)4-11(13)5-10(11,3)8(9)14-6/h6-8H,4-5H2,1-3H3/t6-,7-,8-,9+,10+,11-/m0/s1. The summed E-state index contributed by atoms with van der Waals surface area (Å²) in [5, 5.41) is 0. The number of halogens is 2. The molecule has 0 radical (unpaired) electrons. The number of fused-ring (bicyclic) bond motifs is 3. The molecule has 6 atom stereocenters. The van der Waals surface area contributed by atoms with Crippen LogP contribution in [0.3, 0.4) is 0 Å². The van der Waals surface area contributed by atoms with E-state index in [9.17, 15) is 8.78 Å². The normalized spacial score (nSPS) is 70.5. The summed E-state index contributed by atoms with van der Waals surface area (Å²) in [6.45, 7) is 5.48. The molecule has 3 rings (SSSR count). The molecule has 80 valence electrons. The van der Waals surface area contributed by atoms with Crippen LogP contribution in [0.2, 0.25) is 0 Å². The van der Waals surface area contributed by atoms with Gasteiger partial charge in [0.2, 0.25) is 0 Å². The molecule has 1 nitrogen and oxygen atoms in total. The van der Waals surface area contributed by atoms with Gasteiger partial charge in [-0.25, -0.2) is 8.78 Å². The topological polar surface area (TPSA) is 9.23 Å². The molecule has 0 aromatic carbocycles. The monoisotopic (exact) mass is 202 g/mol. The summed E-state index contributed by atoms with van der Waals surface area (Å²) in [5.74, 6) is 0. The van der Waals surface area contributed by atoms with Crippen LogP contribution in [-0.2, 0) is 4.74 Å². The van der Waals surface area contributed by atoms with E-state index >= 15 is 0 Å². The predicted octanol–water partition coefficient (Wildman–Crippen LogP) is 2.64. The van der Waals surface area contributed by atoms with Gasteiger partial charge in [0.15, 0.2) is 0 Å². The van der Waals surface area contributed by atoms with Crippen LogP contribution in [0.5, 0.6) is 0 Å². The van der Waals surface area contributed by atoms with Gasteiger partial charge in [-0.1, -0.05) is 13.8 Å². The molecule has 3 fully saturated rings. The van der Waals surface area contributed by atoms with Gasteiger partial charge in [0.25, 0.3) is 0 Å². The number of alkyl halides is 2. The van der Waals surface area contributed by atoms with Gasteiger partial charge in [-0.05, 0) is 19.8 Å². The van der Waals surface area contributed by atoms with Crippen molar-refractivity contribution in [3.8, 4) is 0 Å². The van der Waals surface area contributed by atoms with E-state index < -0.39 is 22.7 Å². The lowest BCUT2D eigenvalue weighted by atomic mass is 9.77. The lowest BCUT2D eigenvalue weighted by Crippen LogP contribution is -2.35. The highest BCUT2D eigenvalue weighted by atomic mass is 19.1. The molecular formula is C11H16F2O. The van der Waals surface area contributed by atoms with Crippen molar-refractivity contribution < 1.29 is 13.5 Å². The van der Waals surface area contributed by atoms with E-state index in [0.29, 0.717) is 12.8 Å². The molecule has 0 aromatic rings. The second kappa shape index (κ2) is 2.01. The van der Waals surface area contributed by atoms with Gasteiger partial charge in [0.05, 0.1) is 12.2 Å². The Morgan fingerprint density at radius 1 is 1.29 bits per heavy atom. The molecular weight excluding hydrogens is 186 g/mol. The van der Waals surface area contributed by atoms with Crippen LogP contribution < -0.4 is 0 Å². The number of hydrogen-bond donors (Lipinski definition) is 0. The minimum Gasteiger partial charge on any atom is -0.371 e. The SMILES string of the molecule is C[C@@H]1O[C@H]2[C@](C)(C[C@]3(F)C[C@]23C)[C@H]1F. The largest absolute Gasteiger partial charge is 0.371 e. The highest BCUT2D eigenvalue weighted by Gasteiger charge is 2.83. The van der Waals surface area contributed by atoms with Crippen molar-refractivity contribution in [2.45, 2.75) is 57.7 Å². The molecule has 2 aliphatic carbocycles. The summed E-state index contributed by atoms with van der Waals surface area (Å²) in [6, 6.07) is 0. The molecule has 1 aliphatic heterocycles. The molecule has 1 saturated heterocycles. The first-order valence-corrected chi connectivity index (χ1v) is 5.32. The quantitative estimate of drug-likeness (QED) is 0.586. The molecule has 1 heterocycles. The smallest absolute Gasteiger partial charge is 0.134 e. The van der Waals surface area contributed by atoms with Crippen molar-refractivity contribution in [1.82, 2.24) is 0 Å². The van der Waals surface area contributed by atoms with Gasteiger partial charge < -0.3 is 4.74 Å². The molecule has 0 bridgehead atoms. The average Bonchev–Trinajstić information content (AvgIpc) is 2.46. The van der Waals surface area contributed by atoms with E-state index in [2.05, 4.69) is 0 Å². The van der Waals surface area contributed by atoms with Crippen molar-refractivity contribution in [3.63, 3.8) is 0 Å². The summed E-state index contributed by atoms with van der Waals surface area (Å²) < 4.78 is 33.6. The summed E-state index contributed by atoms with van der Waals surface area (Å²) in [4.78, 5) is 0. The maximum Gasteiger partial charge on any atom is 0.134 e. The third kappa shape index (κ3) is 0.689. The van der Waals surface area contributed by atoms with Crippen molar-refractivity contribution in [2.75, 3.05) is 0 Å². The zero-order valence-corrected chi connectivity index (χ0v) is 8.81. The fourth-order valence-corrected chi connectivity index (χ4v) is 3.92. The molecule has 0 aromatic heterocycles. The Balaban J connectivity index is 2.02. The summed E-state index contributed by atoms with van der Waals surface area (Å²) in [7, 11) is 0. The molecule has 0 N–H and O–H groups in total. The van der Waals surface area contributed by atoms with Gasteiger partial charge in [0.1, 0.15) is 11.8 Å². The van der Waals surface area contributed by atoms with Crippen LogP contribution >= 0.6 is 0 Å². The first kappa shape index (κ1) is 9.08.